The van der Waals surface area contributed by atoms with Gasteiger partial charge < -0.3 is 24.7 Å². The molecule has 8 heteroatoms. The number of ether oxygens (including phenoxy) is 1. The third-order valence-electron chi connectivity index (χ3n) is 8.67. The second-order valence-corrected chi connectivity index (χ2v) is 10.9. The highest BCUT2D eigenvalue weighted by molar-refractivity contribution is 6.05. The van der Waals surface area contributed by atoms with Gasteiger partial charge in [0.05, 0.1) is 24.2 Å². The number of carbonyl (C=O) groups excluding carboxylic acids is 2. The molecule has 3 heterocycles. The van der Waals surface area contributed by atoms with E-state index in [0.29, 0.717) is 24.9 Å². The number of likely N-dealkylation sites (tertiary alicyclic amines) is 1. The predicted molar refractivity (Wildman–Crippen MR) is 135 cm³/mol. The van der Waals surface area contributed by atoms with E-state index in [1.54, 1.807) is 11.0 Å². The summed E-state index contributed by atoms with van der Waals surface area (Å²) in [5.41, 5.74) is 0.355. The number of hydrogen-bond acceptors (Lipinski definition) is 5. The normalized spacial score (nSPS) is 31.6. The summed E-state index contributed by atoms with van der Waals surface area (Å²) in [6.45, 7) is 13.2. The van der Waals surface area contributed by atoms with Gasteiger partial charge in [-0.2, -0.15) is 0 Å². The van der Waals surface area contributed by atoms with E-state index in [4.69, 9.17) is 4.74 Å². The van der Waals surface area contributed by atoms with Crippen LogP contribution in [0, 0.1) is 31.6 Å². The second-order valence-electron chi connectivity index (χ2n) is 10.9. The third kappa shape index (κ3) is 3.60. The van der Waals surface area contributed by atoms with E-state index in [-0.39, 0.29) is 25.0 Å². The van der Waals surface area contributed by atoms with Crippen LogP contribution in [-0.2, 0) is 19.1 Å². The molecule has 4 rings (SSSR count). The van der Waals surface area contributed by atoms with Crippen molar-refractivity contribution in [3.05, 3.63) is 42.0 Å². The van der Waals surface area contributed by atoms with Crippen molar-refractivity contribution in [3.63, 3.8) is 0 Å². The molecule has 0 radical (unpaired) electrons. The van der Waals surface area contributed by atoms with Crippen LogP contribution < -0.4 is 4.90 Å². The number of rotatable bonds is 9. The molecule has 36 heavy (non-hydrogen) atoms. The Morgan fingerprint density at radius 2 is 2.00 bits per heavy atom. The Kier molecular flexibility index (Phi) is 6.81. The number of anilines is 1. The van der Waals surface area contributed by atoms with Crippen LogP contribution in [0.4, 0.5) is 5.69 Å². The summed E-state index contributed by atoms with van der Waals surface area (Å²) in [6, 6.07) is 4.15. The van der Waals surface area contributed by atoms with Gasteiger partial charge in [0.15, 0.2) is 0 Å². The molecule has 3 aliphatic rings. The summed E-state index contributed by atoms with van der Waals surface area (Å²) in [6.07, 6.45) is 2.97. The highest BCUT2D eigenvalue weighted by Crippen LogP contribution is 2.64. The molecule has 196 valence electrons. The lowest BCUT2D eigenvalue weighted by atomic mass is 9.65. The van der Waals surface area contributed by atoms with Gasteiger partial charge in [0.25, 0.3) is 5.91 Å². The number of carbonyl (C=O) groups is 3. The van der Waals surface area contributed by atoms with Crippen molar-refractivity contribution in [2.45, 2.75) is 77.2 Å². The average molecular weight is 499 g/mol. The SMILES string of the molecule is C=CCN(C(=O)C1N([C@@H](CO)C(C)C)C(=O)[C@@H]2[C@H](C(=O)O)[C@]3(CC)CCC12O3)c1cc(C)ccc1C. The van der Waals surface area contributed by atoms with Gasteiger partial charge in [0, 0.05) is 12.2 Å². The number of aryl methyl sites for hydroxylation is 2. The van der Waals surface area contributed by atoms with Crippen molar-refractivity contribution in [2.75, 3.05) is 18.1 Å². The molecule has 0 saturated carbocycles. The third-order valence-corrected chi connectivity index (χ3v) is 8.67. The molecule has 0 aliphatic carbocycles. The minimum absolute atomic E-state index is 0.154. The number of hydrogen-bond donors (Lipinski definition) is 2. The van der Waals surface area contributed by atoms with Crippen molar-refractivity contribution >= 4 is 23.5 Å². The number of aliphatic hydroxyl groups is 1. The lowest BCUT2D eigenvalue weighted by Gasteiger charge is -2.41. The standard InChI is InChI=1S/C28H38N2O6/c1-7-13-29(19-14-17(5)9-10-18(19)6)25(33)23-28-12-11-27(8-2,36-28)22(26(34)35)21(28)24(32)30(23)20(15-31)16(3)4/h7,9-10,14,16,20-23,31H,1,8,11-13,15H2,2-6H3,(H,34,35)/t20-,21-,22+,23?,27-,28?/m0/s1. The molecular weight excluding hydrogens is 460 g/mol. The first-order valence-corrected chi connectivity index (χ1v) is 12.8. The summed E-state index contributed by atoms with van der Waals surface area (Å²) in [7, 11) is 0. The fraction of sp³-hybridized carbons (Fsp3) is 0.607. The maximum absolute atomic E-state index is 14.6. The van der Waals surface area contributed by atoms with Gasteiger partial charge >= 0.3 is 5.97 Å². The number of aliphatic hydroxyl groups excluding tert-OH is 1. The maximum atomic E-state index is 14.6. The Morgan fingerprint density at radius 3 is 2.56 bits per heavy atom. The fourth-order valence-electron chi connectivity index (χ4n) is 6.88. The molecule has 3 fully saturated rings. The molecule has 3 saturated heterocycles. The van der Waals surface area contributed by atoms with E-state index in [0.717, 1.165) is 11.1 Å². The van der Waals surface area contributed by atoms with Crippen LogP contribution in [0.15, 0.2) is 30.9 Å². The van der Waals surface area contributed by atoms with Crippen LogP contribution in [-0.4, -0.2) is 69.3 Å². The minimum atomic E-state index is -1.26. The summed E-state index contributed by atoms with van der Waals surface area (Å²) < 4.78 is 6.62. The lowest BCUT2D eigenvalue weighted by molar-refractivity contribution is -0.158. The molecule has 2 bridgehead atoms. The molecule has 8 nitrogen and oxygen atoms in total. The van der Waals surface area contributed by atoms with Gasteiger partial charge in [-0.25, -0.2) is 0 Å². The number of carboxylic acids is 1. The molecule has 2 unspecified atom stereocenters. The number of amides is 2. The zero-order valence-electron chi connectivity index (χ0n) is 21.9. The van der Waals surface area contributed by atoms with Crippen LogP contribution in [0.25, 0.3) is 0 Å². The van der Waals surface area contributed by atoms with Gasteiger partial charge in [-0.05, 0) is 56.2 Å². The first kappa shape index (κ1) is 26.4. The van der Waals surface area contributed by atoms with E-state index in [2.05, 4.69) is 6.58 Å². The molecular formula is C28H38N2O6. The first-order valence-electron chi connectivity index (χ1n) is 12.8. The van der Waals surface area contributed by atoms with E-state index >= 15 is 0 Å². The van der Waals surface area contributed by atoms with Crippen LogP contribution in [0.3, 0.4) is 0 Å². The Morgan fingerprint density at radius 1 is 1.31 bits per heavy atom. The number of benzene rings is 1. The van der Waals surface area contributed by atoms with Crippen molar-refractivity contribution in [2.24, 2.45) is 17.8 Å². The molecule has 1 spiro atoms. The Hall–Kier alpha value is -2.71. The number of nitrogens with zero attached hydrogens (tertiary/aromatic N) is 2. The summed E-state index contributed by atoms with van der Waals surface area (Å²) >= 11 is 0. The van der Waals surface area contributed by atoms with Crippen molar-refractivity contribution in [1.82, 2.24) is 4.90 Å². The van der Waals surface area contributed by atoms with Crippen LogP contribution in [0.2, 0.25) is 0 Å². The molecule has 6 atom stereocenters. The molecule has 3 aliphatic heterocycles. The van der Waals surface area contributed by atoms with E-state index in [1.807, 2.05) is 52.8 Å². The molecule has 2 amide bonds. The highest BCUT2D eigenvalue weighted by Gasteiger charge is 2.79. The first-order chi connectivity index (χ1) is 17.0. The summed E-state index contributed by atoms with van der Waals surface area (Å²) in [5.74, 6) is -4.00. The van der Waals surface area contributed by atoms with E-state index in [1.165, 1.54) is 4.90 Å². The van der Waals surface area contributed by atoms with Gasteiger partial charge in [-0.1, -0.05) is 39.0 Å². The lowest BCUT2D eigenvalue weighted by Crippen LogP contribution is -2.60. The number of fused-ring (bicyclic) bond motifs is 1. The maximum Gasteiger partial charge on any atom is 0.310 e. The summed E-state index contributed by atoms with van der Waals surface area (Å²) in [4.78, 5) is 44.3. The molecule has 0 aromatic heterocycles. The van der Waals surface area contributed by atoms with Gasteiger partial charge in [-0.3, -0.25) is 14.4 Å². The highest BCUT2D eigenvalue weighted by atomic mass is 16.5. The predicted octanol–water partition coefficient (Wildman–Crippen LogP) is 3.08. The van der Waals surface area contributed by atoms with Crippen molar-refractivity contribution in [3.8, 4) is 0 Å². The number of aliphatic carboxylic acids is 1. The zero-order valence-corrected chi connectivity index (χ0v) is 21.9. The topological polar surface area (TPSA) is 107 Å². The smallest absolute Gasteiger partial charge is 0.310 e. The van der Waals surface area contributed by atoms with E-state index in [9.17, 15) is 24.6 Å². The molecule has 1 aromatic rings. The fourth-order valence-corrected chi connectivity index (χ4v) is 6.88. The summed E-state index contributed by atoms with van der Waals surface area (Å²) in [5, 5.41) is 20.6. The van der Waals surface area contributed by atoms with Crippen LogP contribution in [0.1, 0.15) is 51.2 Å². The Bertz CT molecular complexity index is 1090. The largest absolute Gasteiger partial charge is 0.481 e. The van der Waals surface area contributed by atoms with Crippen molar-refractivity contribution in [1.29, 1.82) is 0 Å². The zero-order chi connectivity index (χ0) is 26.6. The van der Waals surface area contributed by atoms with Crippen molar-refractivity contribution < 1.29 is 29.3 Å². The van der Waals surface area contributed by atoms with Crippen LogP contribution in [0.5, 0.6) is 0 Å². The second kappa shape index (κ2) is 9.30. The Labute approximate surface area is 212 Å². The average Bonchev–Trinajstić information content (AvgIpc) is 3.43. The minimum Gasteiger partial charge on any atom is -0.481 e. The van der Waals surface area contributed by atoms with E-state index < -0.39 is 47.0 Å². The van der Waals surface area contributed by atoms with Gasteiger partial charge in [-0.15, -0.1) is 6.58 Å². The quantitative estimate of drug-likeness (QED) is 0.507. The molecule has 2 N–H and O–H groups in total. The molecule has 1 aromatic carbocycles. The Balaban J connectivity index is 1.91. The monoisotopic (exact) mass is 498 g/mol. The van der Waals surface area contributed by atoms with Crippen LogP contribution >= 0.6 is 0 Å². The van der Waals surface area contributed by atoms with Gasteiger partial charge in [0.2, 0.25) is 5.91 Å². The number of carboxylic acid groups (broad SMARTS) is 1. The van der Waals surface area contributed by atoms with Gasteiger partial charge in [0.1, 0.15) is 17.6 Å².